The standard InChI is InChI=1S/C10H12ClN3S/c1-7-4-13-10(15-7)8(2)14-6-12-5-9(14)3-11/h4-6,8H,3H2,1-2H3. The molecule has 0 saturated heterocycles. The summed E-state index contributed by atoms with van der Waals surface area (Å²) in [5.74, 6) is 0.481. The summed E-state index contributed by atoms with van der Waals surface area (Å²) in [5, 5.41) is 1.09. The third-order valence-corrected chi connectivity index (χ3v) is 3.65. The Hall–Kier alpha value is -0.870. The van der Waals surface area contributed by atoms with E-state index in [2.05, 4.69) is 28.4 Å². The maximum Gasteiger partial charge on any atom is 0.115 e. The van der Waals surface area contributed by atoms with Crippen molar-refractivity contribution in [2.45, 2.75) is 25.8 Å². The van der Waals surface area contributed by atoms with E-state index >= 15 is 0 Å². The number of hydrogen-bond donors (Lipinski definition) is 0. The van der Waals surface area contributed by atoms with Gasteiger partial charge in [-0.3, -0.25) is 0 Å². The Morgan fingerprint density at radius 2 is 2.33 bits per heavy atom. The monoisotopic (exact) mass is 241 g/mol. The van der Waals surface area contributed by atoms with Crippen LogP contribution in [0, 0.1) is 6.92 Å². The SMILES string of the molecule is Cc1cnc(C(C)n2cncc2CCl)s1. The predicted molar refractivity (Wildman–Crippen MR) is 62.4 cm³/mol. The summed E-state index contributed by atoms with van der Waals surface area (Å²) in [5.41, 5.74) is 1.03. The molecule has 0 aromatic carbocycles. The molecule has 0 saturated carbocycles. The van der Waals surface area contributed by atoms with Gasteiger partial charge in [-0.2, -0.15) is 0 Å². The van der Waals surface area contributed by atoms with Gasteiger partial charge in [0.15, 0.2) is 0 Å². The summed E-state index contributed by atoms with van der Waals surface area (Å²) in [6.45, 7) is 4.17. The van der Waals surface area contributed by atoms with Crippen molar-refractivity contribution in [1.82, 2.24) is 14.5 Å². The van der Waals surface area contributed by atoms with Gasteiger partial charge in [0.2, 0.25) is 0 Å². The van der Waals surface area contributed by atoms with E-state index in [0.717, 1.165) is 10.7 Å². The zero-order chi connectivity index (χ0) is 10.8. The van der Waals surface area contributed by atoms with Crippen molar-refractivity contribution in [2.24, 2.45) is 0 Å². The zero-order valence-electron chi connectivity index (χ0n) is 8.64. The lowest BCUT2D eigenvalue weighted by Gasteiger charge is -2.12. The van der Waals surface area contributed by atoms with Gasteiger partial charge in [0, 0.05) is 17.3 Å². The first kappa shape index (κ1) is 10.6. The summed E-state index contributed by atoms with van der Waals surface area (Å²) in [4.78, 5) is 9.70. The highest BCUT2D eigenvalue weighted by molar-refractivity contribution is 7.11. The fourth-order valence-electron chi connectivity index (χ4n) is 1.47. The van der Waals surface area contributed by atoms with Crippen molar-refractivity contribution < 1.29 is 0 Å². The number of nitrogens with zero attached hydrogens (tertiary/aromatic N) is 3. The van der Waals surface area contributed by atoms with Crippen LogP contribution in [0.15, 0.2) is 18.7 Å². The number of thiazole rings is 1. The quantitative estimate of drug-likeness (QED) is 0.774. The highest BCUT2D eigenvalue weighted by atomic mass is 35.5. The second kappa shape index (κ2) is 4.33. The average Bonchev–Trinajstić information content (AvgIpc) is 2.84. The van der Waals surface area contributed by atoms with Gasteiger partial charge < -0.3 is 4.57 Å². The molecule has 2 aromatic rings. The molecule has 2 aromatic heterocycles. The first-order chi connectivity index (χ1) is 7.22. The van der Waals surface area contributed by atoms with Crippen LogP contribution in [0.5, 0.6) is 0 Å². The summed E-state index contributed by atoms with van der Waals surface area (Å²) in [6.07, 6.45) is 5.50. The van der Waals surface area contributed by atoms with E-state index in [0.29, 0.717) is 5.88 Å². The van der Waals surface area contributed by atoms with Gasteiger partial charge in [-0.25, -0.2) is 9.97 Å². The molecule has 0 aliphatic carbocycles. The maximum atomic E-state index is 5.83. The van der Waals surface area contributed by atoms with Gasteiger partial charge in [-0.1, -0.05) is 0 Å². The van der Waals surface area contributed by atoms with Crippen LogP contribution in [0.1, 0.15) is 28.5 Å². The molecular formula is C10H12ClN3S. The number of hydrogen-bond acceptors (Lipinski definition) is 3. The molecule has 3 nitrogen and oxygen atoms in total. The number of aromatic nitrogens is 3. The number of alkyl halides is 1. The summed E-state index contributed by atoms with van der Waals surface area (Å²) < 4.78 is 2.06. The van der Waals surface area contributed by atoms with Crippen LogP contribution in [0.2, 0.25) is 0 Å². The first-order valence-corrected chi connectivity index (χ1v) is 6.06. The van der Waals surface area contributed by atoms with E-state index in [1.165, 1.54) is 4.88 Å². The molecule has 0 aliphatic rings. The number of halogens is 1. The van der Waals surface area contributed by atoms with Crippen molar-refractivity contribution in [1.29, 1.82) is 0 Å². The highest BCUT2D eigenvalue weighted by Crippen LogP contribution is 2.24. The van der Waals surface area contributed by atoms with E-state index in [-0.39, 0.29) is 6.04 Å². The lowest BCUT2D eigenvalue weighted by atomic mass is 10.3. The summed E-state index contributed by atoms with van der Waals surface area (Å²) in [6, 6.07) is 0.208. The Bertz CT molecular complexity index is 449. The van der Waals surface area contributed by atoms with Crippen LogP contribution < -0.4 is 0 Å². The smallest absolute Gasteiger partial charge is 0.115 e. The minimum absolute atomic E-state index is 0.208. The second-order valence-electron chi connectivity index (χ2n) is 3.41. The van der Waals surface area contributed by atoms with Crippen molar-refractivity contribution in [3.8, 4) is 0 Å². The fraction of sp³-hybridized carbons (Fsp3) is 0.400. The molecule has 15 heavy (non-hydrogen) atoms. The third kappa shape index (κ3) is 2.06. The Morgan fingerprint density at radius 1 is 1.53 bits per heavy atom. The molecule has 2 heterocycles. The van der Waals surface area contributed by atoms with Gasteiger partial charge in [0.1, 0.15) is 5.01 Å². The highest BCUT2D eigenvalue weighted by Gasteiger charge is 2.13. The van der Waals surface area contributed by atoms with E-state index in [1.54, 1.807) is 23.9 Å². The van der Waals surface area contributed by atoms with Crippen molar-refractivity contribution in [3.63, 3.8) is 0 Å². The van der Waals surface area contributed by atoms with Crippen LogP contribution in [0.4, 0.5) is 0 Å². The fourth-order valence-corrected chi connectivity index (χ4v) is 2.50. The molecule has 80 valence electrons. The van der Waals surface area contributed by atoms with Crippen molar-refractivity contribution in [2.75, 3.05) is 0 Å². The molecular weight excluding hydrogens is 230 g/mol. The molecule has 0 aliphatic heterocycles. The number of imidazole rings is 1. The van der Waals surface area contributed by atoms with Gasteiger partial charge in [-0.15, -0.1) is 22.9 Å². The van der Waals surface area contributed by atoms with Gasteiger partial charge in [-0.05, 0) is 13.8 Å². The molecule has 2 rings (SSSR count). The van der Waals surface area contributed by atoms with Crippen molar-refractivity contribution >= 4 is 22.9 Å². The predicted octanol–water partition coefficient (Wildman–Crippen LogP) is 3.00. The maximum absolute atomic E-state index is 5.83. The number of rotatable bonds is 3. The van der Waals surface area contributed by atoms with Crippen LogP contribution >= 0.6 is 22.9 Å². The van der Waals surface area contributed by atoms with Crippen LogP contribution in [-0.2, 0) is 5.88 Å². The van der Waals surface area contributed by atoms with Gasteiger partial charge >= 0.3 is 0 Å². The molecule has 0 spiro atoms. The Labute approximate surface area is 97.8 Å². The molecule has 0 N–H and O–H groups in total. The van der Waals surface area contributed by atoms with Gasteiger partial charge in [0.25, 0.3) is 0 Å². The number of aryl methyl sites for hydroxylation is 1. The van der Waals surface area contributed by atoms with E-state index < -0.39 is 0 Å². The van der Waals surface area contributed by atoms with Crippen LogP contribution in [0.3, 0.4) is 0 Å². The molecule has 1 atom stereocenters. The molecule has 0 fully saturated rings. The molecule has 0 amide bonds. The zero-order valence-corrected chi connectivity index (χ0v) is 10.2. The van der Waals surface area contributed by atoms with Gasteiger partial charge in [0.05, 0.1) is 23.9 Å². The van der Waals surface area contributed by atoms with Crippen LogP contribution in [-0.4, -0.2) is 14.5 Å². The van der Waals surface area contributed by atoms with Crippen molar-refractivity contribution in [3.05, 3.63) is 34.3 Å². The molecule has 0 bridgehead atoms. The molecule has 0 radical (unpaired) electrons. The molecule has 1 unspecified atom stereocenters. The topological polar surface area (TPSA) is 30.7 Å². The first-order valence-electron chi connectivity index (χ1n) is 4.71. The third-order valence-electron chi connectivity index (χ3n) is 2.30. The Morgan fingerprint density at radius 3 is 2.93 bits per heavy atom. The van der Waals surface area contributed by atoms with E-state index in [9.17, 15) is 0 Å². The normalized spacial score (nSPS) is 13.0. The van der Waals surface area contributed by atoms with Crippen LogP contribution in [0.25, 0.3) is 0 Å². The van der Waals surface area contributed by atoms with E-state index in [4.69, 9.17) is 11.6 Å². The molecule has 5 heteroatoms. The Balaban J connectivity index is 2.31. The average molecular weight is 242 g/mol. The summed E-state index contributed by atoms with van der Waals surface area (Å²) in [7, 11) is 0. The minimum atomic E-state index is 0.208. The largest absolute Gasteiger partial charge is 0.324 e. The lowest BCUT2D eigenvalue weighted by molar-refractivity contribution is 0.616. The lowest BCUT2D eigenvalue weighted by Crippen LogP contribution is -2.07. The summed E-state index contributed by atoms with van der Waals surface area (Å²) >= 11 is 7.54. The Kier molecular flexibility index (Phi) is 3.07. The minimum Gasteiger partial charge on any atom is -0.324 e. The second-order valence-corrected chi connectivity index (χ2v) is 4.94. The van der Waals surface area contributed by atoms with E-state index in [1.807, 2.05) is 6.20 Å².